The third-order valence-corrected chi connectivity index (χ3v) is 7.23. The number of hydrogen-bond acceptors (Lipinski definition) is 5. The molecule has 5 heteroatoms. The normalized spacial score (nSPS) is 23.2. The van der Waals surface area contributed by atoms with Gasteiger partial charge in [0, 0.05) is 42.9 Å². The maximum atomic E-state index is 12.7. The second kappa shape index (κ2) is 10.8. The van der Waals surface area contributed by atoms with Gasteiger partial charge in [-0.15, -0.1) is 0 Å². The van der Waals surface area contributed by atoms with Crippen molar-refractivity contribution in [1.82, 2.24) is 0 Å². The SMILES string of the molecule is CCCCOc1ccc([C@@]2(C)Oc3c(COC)cc(OCCCC)cc3[C@H]3CC(=O)C[C@H]32)cc1. The van der Waals surface area contributed by atoms with Gasteiger partial charge in [0.15, 0.2) is 0 Å². The monoisotopic (exact) mass is 466 g/mol. The lowest BCUT2D eigenvalue weighted by atomic mass is 9.71. The third-order valence-electron chi connectivity index (χ3n) is 7.23. The van der Waals surface area contributed by atoms with Gasteiger partial charge in [0.1, 0.15) is 28.6 Å². The highest BCUT2D eigenvalue weighted by atomic mass is 16.5. The van der Waals surface area contributed by atoms with Gasteiger partial charge in [-0.1, -0.05) is 38.8 Å². The number of ether oxygens (including phenoxy) is 4. The maximum Gasteiger partial charge on any atom is 0.135 e. The molecule has 2 aromatic rings. The fraction of sp³-hybridized carbons (Fsp3) is 0.552. The van der Waals surface area contributed by atoms with Crippen LogP contribution < -0.4 is 14.2 Å². The molecule has 1 aliphatic carbocycles. The van der Waals surface area contributed by atoms with Gasteiger partial charge in [0.05, 0.1) is 19.8 Å². The lowest BCUT2D eigenvalue weighted by Crippen LogP contribution is -2.43. The van der Waals surface area contributed by atoms with Crippen LogP contribution in [0.1, 0.15) is 81.9 Å². The van der Waals surface area contributed by atoms with Crippen molar-refractivity contribution in [2.75, 3.05) is 20.3 Å². The molecule has 2 aromatic carbocycles. The Labute approximate surface area is 203 Å². The van der Waals surface area contributed by atoms with Crippen LogP contribution >= 0.6 is 0 Å². The van der Waals surface area contributed by atoms with E-state index in [1.54, 1.807) is 7.11 Å². The quantitative estimate of drug-likeness (QED) is 0.351. The van der Waals surface area contributed by atoms with Gasteiger partial charge in [-0.05, 0) is 49.6 Å². The van der Waals surface area contributed by atoms with Gasteiger partial charge in [0.2, 0.25) is 0 Å². The van der Waals surface area contributed by atoms with Gasteiger partial charge in [0.25, 0.3) is 0 Å². The van der Waals surface area contributed by atoms with E-state index in [1.165, 1.54) is 0 Å². The highest BCUT2D eigenvalue weighted by molar-refractivity contribution is 5.83. The molecule has 1 aliphatic heterocycles. The van der Waals surface area contributed by atoms with E-state index in [0.29, 0.717) is 31.8 Å². The predicted octanol–water partition coefficient (Wildman–Crippen LogP) is 6.56. The molecule has 184 valence electrons. The van der Waals surface area contributed by atoms with Gasteiger partial charge in [-0.25, -0.2) is 0 Å². The molecule has 3 atom stereocenters. The number of benzene rings is 2. The predicted molar refractivity (Wildman–Crippen MR) is 133 cm³/mol. The standard InChI is InChI=1S/C29H38O5/c1-5-7-13-32-23-11-9-21(10-12-23)29(3)27-17-22(30)16-25(27)26-18-24(33-14-8-6-2)15-20(19-31-4)28(26)34-29/h9-12,15,18,25,27H,5-8,13-14,16-17,19H2,1-4H3/t25-,27-,29-/m1/s1. The summed E-state index contributed by atoms with van der Waals surface area (Å²) in [6.45, 7) is 8.27. The maximum absolute atomic E-state index is 12.7. The Bertz CT molecular complexity index is 983. The van der Waals surface area contributed by atoms with Gasteiger partial charge >= 0.3 is 0 Å². The summed E-state index contributed by atoms with van der Waals surface area (Å²) in [5.74, 6) is 3.00. The van der Waals surface area contributed by atoms with Crippen LogP contribution in [0.3, 0.4) is 0 Å². The average molecular weight is 467 g/mol. The molecule has 1 saturated carbocycles. The van der Waals surface area contributed by atoms with E-state index in [2.05, 4.69) is 39.0 Å². The first kappa shape index (κ1) is 24.6. The molecular weight excluding hydrogens is 428 g/mol. The van der Waals surface area contributed by atoms with E-state index in [0.717, 1.165) is 66.2 Å². The Morgan fingerprint density at radius 2 is 1.65 bits per heavy atom. The summed E-state index contributed by atoms with van der Waals surface area (Å²) in [6, 6.07) is 12.3. The summed E-state index contributed by atoms with van der Waals surface area (Å²) in [4.78, 5) is 12.7. The number of Topliss-reactive ketones (excluding diaryl/α,β-unsaturated/α-hetero) is 1. The lowest BCUT2D eigenvalue weighted by molar-refractivity contribution is -0.118. The minimum atomic E-state index is -0.612. The van der Waals surface area contributed by atoms with Crippen molar-refractivity contribution < 1.29 is 23.7 Å². The average Bonchev–Trinajstić information content (AvgIpc) is 3.24. The second-order valence-electron chi connectivity index (χ2n) is 9.73. The molecule has 4 rings (SSSR count). The number of methoxy groups -OCH3 is 1. The van der Waals surface area contributed by atoms with E-state index in [4.69, 9.17) is 18.9 Å². The lowest BCUT2D eigenvalue weighted by Gasteiger charge is -2.45. The molecule has 0 bridgehead atoms. The number of fused-ring (bicyclic) bond motifs is 3. The Morgan fingerprint density at radius 3 is 2.29 bits per heavy atom. The van der Waals surface area contributed by atoms with E-state index in [1.807, 2.05) is 18.2 Å². The molecule has 0 N–H and O–H groups in total. The molecule has 2 aliphatic rings. The third kappa shape index (κ3) is 4.95. The smallest absolute Gasteiger partial charge is 0.135 e. The molecular formula is C29H38O5. The summed E-state index contributed by atoms with van der Waals surface area (Å²) in [5.41, 5.74) is 2.50. The van der Waals surface area contributed by atoms with Crippen molar-refractivity contribution in [2.45, 2.75) is 77.4 Å². The minimum absolute atomic E-state index is 0.0700. The highest BCUT2D eigenvalue weighted by Crippen LogP contribution is 2.57. The van der Waals surface area contributed by atoms with E-state index in [9.17, 15) is 4.79 Å². The van der Waals surface area contributed by atoms with E-state index in [-0.39, 0.29) is 11.8 Å². The number of carbonyl (C=O) groups is 1. The van der Waals surface area contributed by atoms with Crippen LogP contribution in [0.15, 0.2) is 36.4 Å². The van der Waals surface area contributed by atoms with Crippen LogP contribution in [0, 0.1) is 5.92 Å². The fourth-order valence-electron chi connectivity index (χ4n) is 5.30. The number of carbonyl (C=O) groups excluding carboxylic acids is 1. The summed E-state index contributed by atoms with van der Waals surface area (Å²) in [6.07, 6.45) is 5.30. The Morgan fingerprint density at radius 1 is 0.971 bits per heavy atom. The van der Waals surface area contributed by atoms with Crippen LogP contribution in [-0.4, -0.2) is 26.1 Å². The first-order chi connectivity index (χ1) is 16.5. The number of unbranched alkanes of at least 4 members (excludes halogenated alkanes) is 2. The van der Waals surface area contributed by atoms with Crippen molar-refractivity contribution >= 4 is 5.78 Å². The summed E-state index contributed by atoms with van der Waals surface area (Å²) >= 11 is 0. The summed E-state index contributed by atoms with van der Waals surface area (Å²) in [5, 5.41) is 0. The molecule has 0 radical (unpaired) electrons. The van der Waals surface area contributed by atoms with Crippen LogP contribution in [0.2, 0.25) is 0 Å². The van der Waals surface area contributed by atoms with Crippen LogP contribution in [0.25, 0.3) is 0 Å². The Hall–Kier alpha value is -2.53. The van der Waals surface area contributed by atoms with Gasteiger partial charge < -0.3 is 18.9 Å². The molecule has 1 fully saturated rings. The highest BCUT2D eigenvalue weighted by Gasteiger charge is 2.52. The Kier molecular flexibility index (Phi) is 7.82. The molecule has 0 spiro atoms. The van der Waals surface area contributed by atoms with Gasteiger partial charge in [-0.3, -0.25) is 4.79 Å². The Balaban J connectivity index is 1.70. The zero-order valence-corrected chi connectivity index (χ0v) is 21.0. The van der Waals surface area contributed by atoms with Crippen molar-refractivity contribution in [1.29, 1.82) is 0 Å². The largest absolute Gasteiger partial charge is 0.494 e. The minimum Gasteiger partial charge on any atom is -0.494 e. The van der Waals surface area contributed by atoms with Crippen molar-refractivity contribution in [3.05, 3.63) is 53.1 Å². The zero-order valence-electron chi connectivity index (χ0n) is 21.0. The van der Waals surface area contributed by atoms with E-state index >= 15 is 0 Å². The number of hydrogen-bond donors (Lipinski definition) is 0. The number of ketones is 1. The molecule has 0 saturated heterocycles. The first-order valence-corrected chi connectivity index (χ1v) is 12.7. The van der Waals surface area contributed by atoms with Crippen LogP contribution in [0.4, 0.5) is 0 Å². The number of rotatable bonds is 11. The first-order valence-electron chi connectivity index (χ1n) is 12.7. The topological polar surface area (TPSA) is 54.0 Å². The second-order valence-corrected chi connectivity index (χ2v) is 9.73. The zero-order chi connectivity index (χ0) is 24.1. The molecule has 1 heterocycles. The van der Waals surface area contributed by atoms with Gasteiger partial charge in [-0.2, -0.15) is 0 Å². The van der Waals surface area contributed by atoms with Crippen LogP contribution in [-0.2, 0) is 21.7 Å². The molecule has 0 amide bonds. The van der Waals surface area contributed by atoms with Crippen molar-refractivity contribution in [2.24, 2.45) is 5.92 Å². The molecule has 0 unspecified atom stereocenters. The summed E-state index contributed by atoms with van der Waals surface area (Å²) < 4.78 is 24.3. The molecule has 5 nitrogen and oxygen atoms in total. The van der Waals surface area contributed by atoms with Crippen LogP contribution in [0.5, 0.6) is 17.2 Å². The van der Waals surface area contributed by atoms with E-state index < -0.39 is 5.60 Å². The molecule has 34 heavy (non-hydrogen) atoms. The molecule has 0 aromatic heterocycles. The fourth-order valence-corrected chi connectivity index (χ4v) is 5.30. The van der Waals surface area contributed by atoms with Crippen molar-refractivity contribution in [3.63, 3.8) is 0 Å². The van der Waals surface area contributed by atoms with Crippen molar-refractivity contribution in [3.8, 4) is 17.2 Å². The summed E-state index contributed by atoms with van der Waals surface area (Å²) in [7, 11) is 1.69.